The maximum atomic E-state index is 12.4. The van der Waals surface area contributed by atoms with Crippen molar-refractivity contribution in [2.75, 3.05) is 6.61 Å². The van der Waals surface area contributed by atoms with Crippen molar-refractivity contribution in [1.82, 2.24) is 9.78 Å². The van der Waals surface area contributed by atoms with Crippen molar-refractivity contribution in [1.29, 1.82) is 0 Å². The Hall–Kier alpha value is -3.69. The third-order valence-corrected chi connectivity index (χ3v) is 5.35. The number of rotatable bonds is 9. The molecule has 3 rings (SSSR count). The van der Waals surface area contributed by atoms with E-state index in [2.05, 4.69) is 9.84 Å². The van der Waals surface area contributed by atoms with Crippen molar-refractivity contribution in [3.63, 3.8) is 0 Å². The molecular weight excluding hydrogens is 465 g/mol. The molecule has 0 aliphatic rings. The standard InChI is InChI=1S/C25H27F3N2O5/c1-6-32-24(31)17(4)34-23-12-11-22(15(2)16(23)3)33-14-19-13-21(29-30(19)5)18-7-9-20(10-8-18)35-25(26,27)28/h7-13,17H,6,14H2,1-5H3. The number of nitrogens with zero attached hydrogens (tertiary/aromatic N) is 2. The lowest BCUT2D eigenvalue weighted by Crippen LogP contribution is -2.26. The summed E-state index contributed by atoms with van der Waals surface area (Å²) in [6, 6.07) is 10.8. The average Bonchev–Trinajstić information content (AvgIpc) is 3.16. The molecule has 0 amide bonds. The maximum absolute atomic E-state index is 12.4. The quantitative estimate of drug-likeness (QED) is 0.367. The van der Waals surface area contributed by atoms with Crippen molar-refractivity contribution in [2.45, 2.75) is 46.8 Å². The number of alkyl halides is 3. The fourth-order valence-electron chi connectivity index (χ4n) is 3.31. The first kappa shape index (κ1) is 25.9. The molecule has 188 valence electrons. The number of carbonyl (C=O) groups is 1. The summed E-state index contributed by atoms with van der Waals surface area (Å²) in [5.41, 5.74) is 3.70. The number of aromatic nitrogens is 2. The molecule has 0 fully saturated rings. The molecule has 0 saturated heterocycles. The molecule has 0 aliphatic heterocycles. The van der Waals surface area contributed by atoms with E-state index in [1.54, 1.807) is 43.8 Å². The Kier molecular flexibility index (Phi) is 7.93. The first-order chi connectivity index (χ1) is 16.5. The second kappa shape index (κ2) is 10.7. The normalized spacial score (nSPS) is 12.2. The second-order valence-electron chi connectivity index (χ2n) is 7.83. The third-order valence-electron chi connectivity index (χ3n) is 5.35. The SMILES string of the molecule is CCOC(=O)C(C)Oc1ccc(OCc2cc(-c3ccc(OC(F)(F)F)cc3)nn2C)c(C)c1C. The molecule has 0 aliphatic carbocycles. The first-order valence-corrected chi connectivity index (χ1v) is 10.9. The Balaban J connectivity index is 1.68. The smallest absolute Gasteiger partial charge is 0.487 e. The third kappa shape index (κ3) is 6.68. The lowest BCUT2D eigenvalue weighted by Gasteiger charge is -2.18. The zero-order valence-corrected chi connectivity index (χ0v) is 20.1. The van der Waals surface area contributed by atoms with E-state index in [0.29, 0.717) is 22.8 Å². The topological polar surface area (TPSA) is 71.8 Å². The summed E-state index contributed by atoms with van der Waals surface area (Å²) in [4.78, 5) is 11.8. The summed E-state index contributed by atoms with van der Waals surface area (Å²) in [6.45, 7) is 7.65. The highest BCUT2D eigenvalue weighted by atomic mass is 19.4. The van der Waals surface area contributed by atoms with Gasteiger partial charge in [-0.2, -0.15) is 5.10 Å². The highest BCUT2D eigenvalue weighted by Crippen LogP contribution is 2.31. The zero-order valence-electron chi connectivity index (χ0n) is 20.1. The summed E-state index contributed by atoms with van der Waals surface area (Å²) in [6.07, 6.45) is -5.47. The number of hydrogen-bond donors (Lipinski definition) is 0. The van der Waals surface area contributed by atoms with Gasteiger partial charge in [0, 0.05) is 12.6 Å². The van der Waals surface area contributed by atoms with Crippen LogP contribution < -0.4 is 14.2 Å². The van der Waals surface area contributed by atoms with Crippen molar-refractivity contribution in [3.8, 4) is 28.5 Å². The molecule has 3 aromatic rings. The number of halogens is 3. The largest absolute Gasteiger partial charge is 0.573 e. The Bertz CT molecular complexity index is 1170. The van der Waals surface area contributed by atoms with E-state index < -0.39 is 18.4 Å². The van der Waals surface area contributed by atoms with Gasteiger partial charge in [0.05, 0.1) is 18.0 Å². The molecule has 0 radical (unpaired) electrons. The van der Waals surface area contributed by atoms with Crippen molar-refractivity contribution in [3.05, 3.63) is 59.3 Å². The molecule has 0 spiro atoms. The molecule has 1 heterocycles. The Labute approximate surface area is 201 Å². The van der Waals surface area contributed by atoms with Gasteiger partial charge < -0.3 is 18.9 Å². The van der Waals surface area contributed by atoms with Crippen LogP contribution in [-0.4, -0.2) is 34.8 Å². The van der Waals surface area contributed by atoms with Crippen LogP contribution in [-0.2, 0) is 23.2 Å². The van der Waals surface area contributed by atoms with Crippen LogP contribution in [0.2, 0.25) is 0 Å². The molecule has 1 unspecified atom stereocenters. The van der Waals surface area contributed by atoms with Gasteiger partial charge in [0.1, 0.15) is 23.9 Å². The van der Waals surface area contributed by atoms with Crippen LogP contribution in [0.4, 0.5) is 13.2 Å². The van der Waals surface area contributed by atoms with Crippen LogP contribution in [0.25, 0.3) is 11.3 Å². The fourth-order valence-corrected chi connectivity index (χ4v) is 3.31. The predicted octanol–water partition coefficient (Wildman–Crippen LogP) is 5.51. The molecule has 0 N–H and O–H groups in total. The van der Waals surface area contributed by atoms with Crippen LogP contribution in [0, 0.1) is 13.8 Å². The van der Waals surface area contributed by atoms with Gasteiger partial charge in [-0.3, -0.25) is 4.68 Å². The number of hydrogen-bond acceptors (Lipinski definition) is 6. The molecule has 0 bridgehead atoms. The van der Waals surface area contributed by atoms with Crippen molar-refractivity contribution >= 4 is 5.97 Å². The number of ether oxygens (including phenoxy) is 4. The summed E-state index contributed by atoms with van der Waals surface area (Å²) in [7, 11) is 1.76. The molecule has 7 nitrogen and oxygen atoms in total. The number of carbonyl (C=O) groups excluding carboxylic acids is 1. The summed E-state index contributed by atoms with van der Waals surface area (Å²) in [5.74, 6) is 0.487. The second-order valence-corrected chi connectivity index (χ2v) is 7.83. The van der Waals surface area contributed by atoms with Gasteiger partial charge in [-0.05, 0) is 81.3 Å². The number of aryl methyl sites for hydroxylation is 1. The fraction of sp³-hybridized carbons (Fsp3) is 0.360. The highest BCUT2D eigenvalue weighted by molar-refractivity contribution is 5.74. The van der Waals surface area contributed by atoms with E-state index in [4.69, 9.17) is 14.2 Å². The minimum atomic E-state index is -4.74. The van der Waals surface area contributed by atoms with Gasteiger partial charge in [-0.25, -0.2) is 4.79 Å². The minimum absolute atomic E-state index is 0.221. The molecule has 0 saturated carbocycles. The molecule has 1 aromatic heterocycles. The van der Waals surface area contributed by atoms with E-state index >= 15 is 0 Å². The van der Waals surface area contributed by atoms with Crippen LogP contribution >= 0.6 is 0 Å². The van der Waals surface area contributed by atoms with E-state index in [-0.39, 0.29) is 19.0 Å². The van der Waals surface area contributed by atoms with E-state index in [9.17, 15) is 18.0 Å². The van der Waals surface area contributed by atoms with Crippen LogP contribution in [0.5, 0.6) is 17.2 Å². The Morgan fingerprint density at radius 1 is 1.06 bits per heavy atom. The van der Waals surface area contributed by atoms with E-state index in [1.807, 2.05) is 13.8 Å². The van der Waals surface area contributed by atoms with Gasteiger partial charge in [0.15, 0.2) is 6.10 Å². The van der Waals surface area contributed by atoms with Gasteiger partial charge in [0.2, 0.25) is 0 Å². The van der Waals surface area contributed by atoms with Gasteiger partial charge in [0.25, 0.3) is 0 Å². The Morgan fingerprint density at radius 2 is 1.69 bits per heavy atom. The minimum Gasteiger partial charge on any atom is -0.487 e. The maximum Gasteiger partial charge on any atom is 0.573 e. The number of benzene rings is 2. The molecule has 35 heavy (non-hydrogen) atoms. The lowest BCUT2D eigenvalue weighted by molar-refractivity contribution is -0.274. The van der Waals surface area contributed by atoms with Crippen molar-refractivity contribution in [2.24, 2.45) is 7.05 Å². The molecular formula is C25H27F3N2O5. The number of esters is 1. The first-order valence-electron chi connectivity index (χ1n) is 10.9. The Morgan fingerprint density at radius 3 is 2.31 bits per heavy atom. The molecule has 10 heteroatoms. The van der Waals surface area contributed by atoms with Crippen LogP contribution in [0.1, 0.15) is 30.7 Å². The summed E-state index contributed by atoms with van der Waals surface area (Å²) < 4.78 is 59.4. The summed E-state index contributed by atoms with van der Waals surface area (Å²) >= 11 is 0. The van der Waals surface area contributed by atoms with Crippen molar-refractivity contribution < 1.29 is 36.9 Å². The van der Waals surface area contributed by atoms with Crippen LogP contribution in [0.15, 0.2) is 42.5 Å². The van der Waals surface area contributed by atoms with Gasteiger partial charge >= 0.3 is 12.3 Å². The monoisotopic (exact) mass is 492 g/mol. The average molecular weight is 492 g/mol. The zero-order chi connectivity index (χ0) is 25.8. The molecule has 2 aromatic carbocycles. The van der Waals surface area contributed by atoms with Crippen LogP contribution in [0.3, 0.4) is 0 Å². The van der Waals surface area contributed by atoms with Gasteiger partial charge in [-0.15, -0.1) is 13.2 Å². The summed E-state index contributed by atoms with van der Waals surface area (Å²) in [5, 5.41) is 4.43. The van der Waals surface area contributed by atoms with E-state index in [1.165, 1.54) is 24.3 Å². The lowest BCUT2D eigenvalue weighted by atomic mass is 10.1. The van der Waals surface area contributed by atoms with Gasteiger partial charge in [-0.1, -0.05) is 0 Å². The molecule has 1 atom stereocenters. The highest BCUT2D eigenvalue weighted by Gasteiger charge is 2.31. The predicted molar refractivity (Wildman–Crippen MR) is 122 cm³/mol. The van der Waals surface area contributed by atoms with E-state index in [0.717, 1.165) is 16.8 Å².